The van der Waals surface area contributed by atoms with Crippen molar-refractivity contribution in [2.75, 3.05) is 19.6 Å². The fraction of sp³-hybridized carbons (Fsp3) is 0.786. The molecule has 0 unspecified atom stereocenters. The highest BCUT2D eigenvalue weighted by Gasteiger charge is 2.23. The molecule has 0 saturated carbocycles. The van der Waals surface area contributed by atoms with Gasteiger partial charge in [0.2, 0.25) is 0 Å². The molecule has 1 aliphatic rings. The third-order valence-electron chi connectivity index (χ3n) is 3.53. The highest BCUT2D eigenvalue weighted by molar-refractivity contribution is 7.12. The molecule has 3 nitrogen and oxygen atoms in total. The number of nitrogens with zero attached hydrogens (tertiary/aromatic N) is 2. The standard InChI is InChI=1S/C14H24ClN3S/c1-10(2)8-18(12-4-6-16-7-5-12)9-13-14(15)17-11(3)19-13/h10,12,16H,4-9H2,1-3H3. The summed E-state index contributed by atoms with van der Waals surface area (Å²) in [5.41, 5.74) is 0. The van der Waals surface area contributed by atoms with E-state index < -0.39 is 0 Å². The molecule has 0 amide bonds. The second-order valence-corrected chi connectivity index (χ2v) is 7.40. The smallest absolute Gasteiger partial charge is 0.144 e. The summed E-state index contributed by atoms with van der Waals surface area (Å²) in [6, 6.07) is 0.683. The molecular formula is C14H24ClN3S. The van der Waals surface area contributed by atoms with Crippen molar-refractivity contribution in [3.63, 3.8) is 0 Å². The van der Waals surface area contributed by atoms with Crippen LogP contribution in [0.5, 0.6) is 0 Å². The Morgan fingerprint density at radius 2 is 2.11 bits per heavy atom. The largest absolute Gasteiger partial charge is 0.317 e. The molecule has 0 aliphatic carbocycles. The highest BCUT2D eigenvalue weighted by atomic mass is 35.5. The molecule has 1 aliphatic heterocycles. The van der Waals surface area contributed by atoms with Crippen LogP contribution in [0.25, 0.3) is 0 Å². The van der Waals surface area contributed by atoms with Crippen LogP contribution < -0.4 is 5.32 Å². The summed E-state index contributed by atoms with van der Waals surface area (Å²) in [6.45, 7) is 11.0. The summed E-state index contributed by atoms with van der Waals surface area (Å²) in [6.07, 6.45) is 2.48. The molecule has 2 rings (SSSR count). The zero-order valence-electron chi connectivity index (χ0n) is 12.1. The van der Waals surface area contributed by atoms with Crippen LogP contribution in [0, 0.1) is 12.8 Å². The van der Waals surface area contributed by atoms with Crippen LogP contribution in [0.15, 0.2) is 0 Å². The van der Waals surface area contributed by atoms with Crippen molar-refractivity contribution in [3.05, 3.63) is 15.0 Å². The minimum Gasteiger partial charge on any atom is -0.317 e. The predicted octanol–water partition coefficient (Wildman–Crippen LogP) is 3.31. The Labute approximate surface area is 125 Å². The van der Waals surface area contributed by atoms with Crippen LogP contribution >= 0.6 is 22.9 Å². The van der Waals surface area contributed by atoms with Crippen LogP contribution in [0.1, 0.15) is 36.6 Å². The molecule has 0 aromatic carbocycles. The molecule has 1 aromatic rings. The maximum atomic E-state index is 6.22. The lowest BCUT2D eigenvalue weighted by Crippen LogP contribution is -2.44. The first-order valence-corrected chi connectivity index (χ1v) is 8.32. The molecule has 5 heteroatoms. The van der Waals surface area contributed by atoms with E-state index in [9.17, 15) is 0 Å². The lowest BCUT2D eigenvalue weighted by atomic mass is 10.0. The van der Waals surface area contributed by atoms with E-state index in [1.54, 1.807) is 11.3 Å². The van der Waals surface area contributed by atoms with Crippen LogP contribution in [-0.2, 0) is 6.54 Å². The fourth-order valence-electron chi connectivity index (χ4n) is 2.71. The van der Waals surface area contributed by atoms with Gasteiger partial charge in [0, 0.05) is 19.1 Å². The molecule has 1 aromatic heterocycles. The van der Waals surface area contributed by atoms with Gasteiger partial charge in [0.15, 0.2) is 0 Å². The zero-order chi connectivity index (χ0) is 13.8. The average Bonchev–Trinajstić information content (AvgIpc) is 2.67. The van der Waals surface area contributed by atoms with Gasteiger partial charge in [0.05, 0.1) is 9.88 Å². The fourth-order valence-corrected chi connectivity index (χ4v) is 3.92. The van der Waals surface area contributed by atoms with Gasteiger partial charge in [-0.1, -0.05) is 25.4 Å². The van der Waals surface area contributed by atoms with Crippen molar-refractivity contribution in [2.24, 2.45) is 5.92 Å². The molecule has 0 atom stereocenters. The molecule has 2 heterocycles. The van der Waals surface area contributed by atoms with Crippen molar-refractivity contribution < 1.29 is 0 Å². The van der Waals surface area contributed by atoms with Gasteiger partial charge in [-0.15, -0.1) is 11.3 Å². The van der Waals surface area contributed by atoms with E-state index in [2.05, 4.69) is 29.0 Å². The maximum absolute atomic E-state index is 6.22. The minimum atomic E-state index is 0.683. The number of hydrogen-bond donors (Lipinski definition) is 1. The topological polar surface area (TPSA) is 28.2 Å². The van der Waals surface area contributed by atoms with Gasteiger partial charge in [-0.3, -0.25) is 4.90 Å². The first-order valence-electron chi connectivity index (χ1n) is 7.13. The van der Waals surface area contributed by atoms with E-state index in [0.29, 0.717) is 17.1 Å². The van der Waals surface area contributed by atoms with Gasteiger partial charge in [-0.25, -0.2) is 4.98 Å². The number of rotatable bonds is 5. The van der Waals surface area contributed by atoms with Crippen LogP contribution in [0.4, 0.5) is 0 Å². The second kappa shape index (κ2) is 7.02. The van der Waals surface area contributed by atoms with E-state index in [4.69, 9.17) is 11.6 Å². The Morgan fingerprint density at radius 3 is 2.63 bits per heavy atom. The zero-order valence-corrected chi connectivity index (χ0v) is 13.7. The Morgan fingerprint density at radius 1 is 1.42 bits per heavy atom. The Hall–Kier alpha value is -0.160. The number of halogens is 1. The monoisotopic (exact) mass is 301 g/mol. The molecular weight excluding hydrogens is 278 g/mol. The average molecular weight is 302 g/mol. The van der Waals surface area contributed by atoms with Gasteiger partial charge >= 0.3 is 0 Å². The van der Waals surface area contributed by atoms with Gasteiger partial charge < -0.3 is 5.32 Å². The summed E-state index contributed by atoms with van der Waals surface area (Å²) < 4.78 is 0. The minimum absolute atomic E-state index is 0.683. The third kappa shape index (κ3) is 4.42. The number of thiazole rings is 1. The van der Waals surface area contributed by atoms with E-state index in [1.807, 2.05) is 6.92 Å². The Kier molecular flexibility index (Phi) is 5.63. The lowest BCUT2D eigenvalue weighted by molar-refractivity contribution is 0.138. The lowest BCUT2D eigenvalue weighted by Gasteiger charge is -2.35. The van der Waals surface area contributed by atoms with Gasteiger partial charge in [0.1, 0.15) is 5.15 Å². The number of piperidine rings is 1. The molecule has 1 N–H and O–H groups in total. The number of hydrogen-bond acceptors (Lipinski definition) is 4. The maximum Gasteiger partial charge on any atom is 0.144 e. The first kappa shape index (κ1) is 15.2. The van der Waals surface area contributed by atoms with Crippen molar-refractivity contribution in [1.82, 2.24) is 15.2 Å². The summed E-state index contributed by atoms with van der Waals surface area (Å²) in [7, 11) is 0. The third-order valence-corrected chi connectivity index (χ3v) is 4.91. The van der Waals surface area contributed by atoms with Gasteiger partial charge in [-0.05, 0) is 38.8 Å². The van der Waals surface area contributed by atoms with Gasteiger partial charge in [0.25, 0.3) is 0 Å². The number of aryl methyl sites for hydroxylation is 1. The van der Waals surface area contributed by atoms with E-state index in [0.717, 1.165) is 31.2 Å². The predicted molar refractivity (Wildman–Crippen MR) is 83.0 cm³/mol. The van der Waals surface area contributed by atoms with Crippen molar-refractivity contribution >= 4 is 22.9 Å². The second-order valence-electron chi connectivity index (χ2n) is 5.75. The SMILES string of the molecule is Cc1nc(Cl)c(CN(CC(C)C)C2CCNCC2)s1. The van der Waals surface area contributed by atoms with Crippen LogP contribution in [-0.4, -0.2) is 35.6 Å². The van der Waals surface area contributed by atoms with E-state index >= 15 is 0 Å². The molecule has 19 heavy (non-hydrogen) atoms. The number of aromatic nitrogens is 1. The van der Waals surface area contributed by atoms with Crippen molar-refractivity contribution in [3.8, 4) is 0 Å². The summed E-state index contributed by atoms with van der Waals surface area (Å²) in [5, 5.41) is 5.20. The molecule has 0 bridgehead atoms. The molecule has 1 saturated heterocycles. The normalized spacial score (nSPS) is 17.6. The first-order chi connectivity index (χ1) is 9.06. The van der Waals surface area contributed by atoms with Crippen molar-refractivity contribution in [1.29, 1.82) is 0 Å². The van der Waals surface area contributed by atoms with E-state index in [1.165, 1.54) is 17.7 Å². The summed E-state index contributed by atoms with van der Waals surface area (Å²) in [4.78, 5) is 8.16. The molecule has 108 valence electrons. The summed E-state index contributed by atoms with van der Waals surface area (Å²) >= 11 is 7.96. The molecule has 0 spiro atoms. The molecule has 1 fully saturated rings. The Balaban J connectivity index is 2.06. The molecule has 0 radical (unpaired) electrons. The van der Waals surface area contributed by atoms with Crippen molar-refractivity contribution in [2.45, 2.75) is 46.2 Å². The summed E-state index contributed by atoms with van der Waals surface area (Å²) in [5.74, 6) is 0.683. The van der Waals surface area contributed by atoms with Gasteiger partial charge in [-0.2, -0.15) is 0 Å². The van der Waals surface area contributed by atoms with E-state index in [-0.39, 0.29) is 0 Å². The Bertz CT molecular complexity index is 399. The van der Waals surface area contributed by atoms with Crippen LogP contribution in [0.3, 0.4) is 0 Å². The quantitative estimate of drug-likeness (QED) is 0.904. The highest BCUT2D eigenvalue weighted by Crippen LogP contribution is 2.26. The number of nitrogens with one attached hydrogen (secondary N) is 1. The van der Waals surface area contributed by atoms with Crippen LogP contribution in [0.2, 0.25) is 5.15 Å².